The molecule has 0 aromatic rings. The number of hydrogen-bond acceptors (Lipinski definition) is 4. The summed E-state index contributed by atoms with van der Waals surface area (Å²) in [5.41, 5.74) is -0.542. The van der Waals surface area contributed by atoms with Gasteiger partial charge in [0.05, 0.1) is 18.8 Å². The van der Waals surface area contributed by atoms with Crippen molar-refractivity contribution < 1.29 is 10.2 Å². The van der Waals surface area contributed by atoms with Crippen molar-refractivity contribution in [3.05, 3.63) is 0 Å². The van der Waals surface area contributed by atoms with Gasteiger partial charge >= 0.3 is 0 Å². The van der Waals surface area contributed by atoms with Gasteiger partial charge in [0, 0.05) is 0 Å². The highest BCUT2D eigenvalue weighted by Crippen LogP contribution is 2.04. The fourth-order valence-corrected chi connectivity index (χ4v) is 0.983. The molecule has 0 aliphatic carbocycles. The van der Waals surface area contributed by atoms with Crippen LogP contribution in [0.15, 0.2) is 0 Å². The molecular formula is C5H13NO2S. The third-order valence-corrected chi connectivity index (χ3v) is 1.74. The molecule has 9 heavy (non-hydrogen) atoms. The van der Waals surface area contributed by atoms with Gasteiger partial charge in [0.25, 0.3) is 0 Å². The molecule has 0 radical (unpaired) electrons. The second-order valence-electron chi connectivity index (χ2n) is 2.18. The van der Waals surface area contributed by atoms with E-state index in [9.17, 15) is 0 Å². The molecule has 0 amide bonds. The first-order chi connectivity index (χ1) is 4.18. The lowest BCUT2D eigenvalue weighted by molar-refractivity contribution is 0.124. The minimum absolute atomic E-state index is 0.0513. The van der Waals surface area contributed by atoms with Crippen LogP contribution < -0.4 is 4.72 Å². The number of nitrogens with one attached hydrogen (secondary N) is 1. The van der Waals surface area contributed by atoms with Crippen LogP contribution in [0.4, 0.5) is 0 Å². The summed E-state index contributed by atoms with van der Waals surface area (Å²) in [5, 5.41) is 17.4. The van der Waals surface area contributed by atoms with Crippen LogP contribution in [0.5, 0.6) is 0 Å². The quantitative estimate of drug-likeness (QED) is 0.478. The van der Waals surface area contributed by atoms with E-state index in [1.54, 1.807) is 6.92 Å². The van der Waals surface area contributed by atoms with Crippen molar-refractivity contribution in [2.75, 3.05) is 19.5 Å². The highest BCUT2D eigenvalue weighted by atomic mass is 32.2. The van der Waals surface area contributed by atoms with Gasteiger partial charge in [-0.3, -0.25) is 4.72 Å². The van der Waals surface area contributed by atoms with Crippen molar-refractivity contribution in [1.82, 2.24) is 4.72 Å². The zero-order chi connectivity index (χ0) is 7.33. The van der Waals surface area contributed by atoms with Gasteiger partial charge in [0.1, 0.15) is 0 Å². The highest BCUT2D eigenvalue weighted by Gasteiger charge is 2.20. The van der Waals surface area contributed by atoms with Crippen LogP contribution in [0.2, 0.25) is 0 Å². The molecule has 0 aromatic carbocycles. The molecule has 0 aliphatic heterocycles. The maximum Gasteiger partial charge on any atom is 0.0715 e. The van der Waals surface area contributed by atoms with E-state index in [-0.39, 0.29) is 13.2 Å². The van der Waals surface area contributed by atoms with Gasteiger partial charge in [-0.05, 0) is 13.2 Å². The number of aliphatic hydroxyl groups is 2. The van der Waals surface area contributed by atoms with Crippen LogP contribution >= 0.6 is 11.9 Å². The van der Waals surface area contributed by atoms with Crippen LogP contribution in [-0.4, -0.2) is 35.2 Å². The fraction of sp³-hybridized carbons (Fsp3) is 1.00. The molecular weight excluding hydrogens is 138 g/mol. The molecule has 0 fully saturated rings. The summed E-state index contributed by atoms with van der Waals surface area (Å²) in [6.45, 7) is 1.65. The van der Waals surface area contributed by atoms with Crippen LogP contribution in [0.3, 0.4) is 0 Å². The van der Waals surface area contributed by atoms with E-state index < -0.39 is 5.54 Å². The standard InChI is InChI=1S/C5H13NO2S/c1-5(3-7,4-8)6-9-2/h6-8H,3-4H2,1-2H3. The minimum atomic E-state index is -0.542. The van der Waals surface area contributed by atoms with Gasteiger partial charge in [0.15, 0.2) is 0 Å². The Labute approximate surface area is 59.6 Å². The molecule has 3 nitrogen and oxygen atoms in total. The Bertz CT molecular complexity index is 75.4. The lowest BCUT2D eigenvalue weighted by Crippen LogP contribution is -2.45. The Hall–Kier alpha value is 0.230. The Morgan fingerprint density at radius 3 is 2.00 bits per heavy atom. The van der Waals surface area contributed by atoms with Crippen LogP contribution in [0.25, 0.3) is 0 Å². The molecule has 3 N–H and O–H groups in total. The summed E-state index contributed by atoms with van der Waals surface area (Å²) in [7, 11) is 0. The lowest BCUT2D eigenvalue weighted by Gasteiger charge is -2.24. The van der Waals surface area contributed by atoms with Crippen molar-refractivity contribution in [1.29, 1.82) is 0 Å². The van der Waals surface area contributed by atoms with Crippen LogP contribution in [0.1, 0.15) is 6.92 Å². The number of hydrogen-bond donors (Lipinski definition) is 3. The Kier molecular flexibility index (Phi) is 4.22. The van der Waals surface area contributed by atoms with Crippen LogP contribution in [0, 0.1) is 0 Å². The van der Waals surface area contributed by atoms with Gasteiger partial charge < -0.3 is 10.2 Å². The van der Waals surface area contributed by atoms with Gasteiger partial charge in [0.2, 0.25) is 0 Å². The summed E-state index contributed by atoms with van der Waals surface area (Å²) < 4.78 is 2.88. The first kappa shape index (κ1) is 9.23. The molecule has 0 unspecified atom stereocenters. The molecule has 0 aliphatic rings. The third kappa shape index (κ3) is 3.05. The van der Waals surface area contributed by atoms with Crippen molar-refractivity contribution >= 4 is 11.9 Å². The van der Waals surface area contributed by atoms with Crippen molar-refractivity contribution in [2.24, 2.45) is 0 Å². The maximum absolute atomic E-state index is 8.68. The zero-order valence-corrected chi connectivity index (χ0v) is 6.53. The number of aliphatic hydroxyl groups excluding tert-OH is 2. The molecule has 4 heteroatoms. The second-order valence-corrected chi connectivity index (χ2v) is 2.80. The van der Waals surface area contributed by atoms with E-state index in [0.717, 1.165) is 0 Å². The largest absolute Gasteiger partial charge is 0.394 e. The fourth-order valence-electron chi connectivity index (χ4n) is 0.361. The summed E-state index contributed by atoms with van der Waals surface area (Å²) in [6.07, 6.45) is 1.85. The van der Waals surface area contributed by atoms with Crippen molar-refractivity contribution in [3.63, 3.8) is 0 Å². The molecule has 0 saturated heterocycles. The Morgan fingerprint density at radius 2 is 1.89 bits per heavy atom. The smallest absolute Gasteiger partial charge is 0.0715 e. The van der Waals surface area contributed by atoms with E-state index in [0.29, 0.717) is 0 Å². The predicted octanol–water partition coefficient (Wildman–Crippen LogP) is -0.403. The molecule has 56 valence electrons. The Morgan fingerprint density at radius 1 is 1.44 bits per heavy atom. The molecule has 0 atom stereocenters. The van der Waals surface area contributed by atoms with Gasteiger partial charge in [-0.25, -0.2) is 0 Å². The second kappa shape index (κ2) is 4.11. The summed E-state index contributed by atoms with van der Waals surface area (Å²) >= 11 is 1.39. The van der Waals surface area contributed by atoms with Gasteiger partial charge in [-0.15, -0.1) is 0 Å². The zero-order valence-electron chi connectivity index (χ0n) is 5.72. The topological polar surface area (TPSA) is 52.5 Å². The average molecular weight is 151 g/mol. The van der Waals surface area contributed by atoms with E-state index >= 15 is 0 Å². The monoisotopic (exact) mass is 151 g/mol. The van der Waals surface area contributed by atoms with E-state index in [4.69, 9.17) is 10.2 Å². The summed E-state index contributed by atoms with van der Waals surface area (Å²) in [5.74, 6) is 0. The van der Waals surface area contributed by atoms with E-state index in [1.807, 2.05) is 6.26 Å². The molecule has 0 rings (SSSR count). The molecule has 0 bridgehead atoms. The molecule has 0 spiro atoms. The van der Waals surface area contributed by atoms with Crippen LogP contribution in [-0.2, 0) is 0 Å². The average Bonchev–Trinajstić information content (AvgIpc) is 1.89. The third-order valence-electron chi connectivity index (χ3n) is 1.05. The van der Waals surface area contributed by atoms with E-state index in [1.165, 1.54) is 11.9 Å². The molecule has 0 heterocycles. The first-order valence-corrected chi connectivity index (χ1v) is 3.93. The number of rotatable bonds is 4. The molecule has 0 aromatic heterocycles. The summed E-state index contributed by atoms with van der Waals surface area (Å²) in [6, 6.07) is 0. The van der Waals surface area contributed by atoms with Crippen molar-refractivity contribution in [3.8, 4) is 0 Å². The van der Waals surface area contributed by atoms with Gasteiger partial charge in [-0.2, -0.15) is 0 Å². The maximum atomic E-state index is 8.68. The molecule has 0 saturated carbocycles. The summed E-state index contributed by atoms with van der Waals surface area (Å²) in [4.78, 5) is 0. The Balaban J connectivity index is 3.62. The first-order valence-electron chi connectivity index (χ1n) is 2.70. The van der Waals surface area contributed by atoms with E-state index in [2.05, 4.69) is 4.72 Å². The van der Waals surface area contributed by atoms with Crippen molar-refractivity contribution in [2.45, 2.75) is 12.5 Å². The van der Waals surface area contributed by atoms with Gasteiger partial charge in [-0.1, -0.05) is 11.9 Å². The normalized spacial score (nSPS) is 12.0. The lowest BCUT2D eigenvalue weighted by atomic mass is 10.1. The SMILES string of the molecule is CSNC(C)(CO)CO. The predicted molar refractivity (Wildman–Crippen MR) is 39.2 cm³/mol. The minimum Gasteiger partial charge on any atom is -0.394 e. The highest BCUT2D eigenvalue weighted by molar-refractivity contribution is 7.96.